The molecule has 2 saturated heterocycles. The van der Waals surface area contributed by atoms with Gasteiger partial charge in [0.2, 0.25) is 0 Å². The van der Waals surface area contributed by atoms with Crippen LogP contribution in [0.5, 0.6) is 0 Å². The summed E-state index contributed by atoms with van der Waals surface area (Å²) in [5.41, 5.74) is 1.62. The number of methoxy groups -OCH3 is 1. The highest BCUT2D eigenvalue weighted by Crippen LogP contribution is 2.42. The fourth-order valence-corrected chi connectivity index (χ4v) is 4.07. The molecule has 1 aromatic heterocycles. The van der Waals surface area contributed by atoms with Gasteiger partial charge in [0.15, 0.2) is 0 Å². The second-order valence-corrected chi connectivity index (χ2v) is 7.27. The van der Waals surface area contributed by atoms with Crippen molar-refractivity contribution in [2.24, 2.45) is 5.41 Å². The van der Waals surface area contributed by atoms with Crippen molar-refractivity contribution in [3.05, 3.63) is 42.1 Å². The second-order valence-electron chi connectivity index (χ2n) is 7.27. The first-order valence-corrected chi connectivity index (χ1v) is 8.95. The first kappa shape index (κ1) is 16.5. The predicted octanol–water partition coefficient (Wildman–Crippen LogP) is 2.89. The van der Waals surface area contributed by atoms with Crippen molar-refractivity contribution in [1.82, 2.24) is 9.88 Å². The van der Waals surface area contributed by atoms with Crippen LogP contribution >= 0.6 is 0 Å². The molecule has 0 N–H and O–H groups in total. The normalized spacial score (nSPS) is 22.6. The lowest BCUT2D eigenvalue weighted by atomic mass is 9.76. The number of benzene rings is 1. The van der Waals surface area contributed by atoms with Crippen LogP contribution in [0.15, 0.2) is 36.4 Å². The van der Waals surface area contributed by atoms with E-state index in [0.29, 0.717) is 12.3 Å². The van der Waals surface area contributed by atoms with E-state index in [-0.39, 0.29) is 17.4 Å². The van der Waals surface area contributed by atoms with E-state index in [0.717, 1.165) is 49.9 Å². The molecule has 1 spiro atoms. The molecule has 0 saturated carbocycles. The quantitative estimate of drug-likeness (QED) is 0.862. The van der Waals surface area contributed by atoms with Gasteiger partial charge in [-0.25, -0.2) is 4.98 Å². The number of amides is 1. The third kappa shape index (κ3) is 3.26. The van der Waals surface area contributed by atoms with Gasteiger partial charge in [0.1, 0.15) is 5.69 Å². The van der Waals surface area contributed by atoms with Gasteiger partial charge in [0.05, 0.1) is 24.8 Å². The Morgan fingerprint density at radius 3 is 2.88 bits per heavy atom. The third-order valence-electron chi connectivity index (χ3n) is 5.57. The molecule has 132 valence electrons. The van der Waals surface area contributed by atoms with Crippen LogP contribution in [0, 0.1) is 5.41 Å². The van der Waals surface area contributed by atoms with E-state index in [9.17, 15) is 4.79 Å². The summed E-state index contributed by atoms with van der Waals surface area (Å²) in [6.45, 7) is 3.00. The van der Waals surface area contributed by atoms with E-state index in [1.165, 1.54) is 0 Å². The van der Waals surface area contributed by atoms with Crippen LogP contribution in [0.25, 0.3) is 10.9 Å². The minimum atomic E-state index is 0.0351. The Kier molecular flexibility index (Phi) is 4.44. The summed E-state index contributed by atoms with van der Waals surface area (Å²) in [5.74, 6) is 0.0351. The van der Waals surface area contributed by atoms with Crippen LogP contribution in [-0.2, 0) is 9.47 Å². The molecule has 0 unspecified atom stereocenters. The molecule has 2 aliphatic rings. The predicted molar refractivity (Wildman–Crippen MR) is 95.5 cm³/mol. The highest BCUT2D eigenvalue weighted by molar-refractivity contribution is 5.95. The number of aromatic nitrogens is 1. The van der Waals surface area contributed by atoms with Crippen molar-refractivity contribution in [2.45, 2.75) is 25.4 Å². The third-order valence-corrected chi connectivity index (χ3v) is 5.57. The maximum atomic E-state index is 12.8. The van der Waals surface area contributed by atoms with Gasteiger partial charge in [-0.3, -0.25) is 4.79 Å². The molecule has 0 radical (unpaired) electrons. The van der Waals surface area contributed by atoms with Crippen molar-refractivity contribution in [3.63, 3.8) is 0 Å². The van der Waals surface area contributed by atoms with Crippen LogP contribution < -0.4 is 0 Å². The molecule has 0 bridgehead atoms. The molecule has 25 heavy (non-hydrogen) atoms. The van der Waals surface area contributed by atoms with Gasteiger partial charge in [0, 0.05) is 25.6 Å². The summed E-state index contributed by atoms with van der Waals surface area (Å²) in [6, 6.07) is 11.7. The monoisotopic (exact) mass is 340 g/mol. The first-order chi connectivity index (χ1) is 12.2. The zero-order valence-electron chi connectivity index (χ0n) is 14.6. The number of nitrogens with zero attached hydrogens (tertiary/aromatic N) is 2. The van der Waals surface area contributed by atoms with Gasteiger partial charge in [-0.1, -0.05) is 24.3 Å². The lowest BCUT2D eigenvalue weighted by molar-refractivity contribution is 0.0280. The summed E-state index contributed by atoms with van der Waals surface area (Å²) in [7, 11) is 1.71. The summed E-state index contributed by atoms with van der Waals surface area (Å²) < 4.78 is 11.1. The van der Waals surface area contributed by atoms with Crippen molar-refractivity contribution >= 4 is 16.8 Å². The largest absolute Gasteiger partial charge is 0.382 e. The zero-order valence-corrected chi connectivity index (χ0v) is 14.6. The molecular weight excluding hydrogens is 316 g/mol. The van der Waals surface area contributed by atoms with Gasteiger partial charge in [-0.05, 0) is 36.8 Å². The van der Waals surface area contributed by atoms with Crippen LogP contribution in [0.3, 0.4) is 0 Å². The fourth-order valence-electron chi connectivity index (χ4n) is 4.07. The number of likely N-dealkylation sites (tertiary alicyclic amines) is 1. The molecule has 4 rings (SSSR count). The minimum Gasteiger partial charge on any atom is -0.382 e. The lowest BCUT2D eigenvalue weighted by Crippen LogP contribution is -2.43. The molecule has 2 fully saturated rings. The molecule has 0 aliphatic carbocycles. The van der Waals surface area contributed by atoms with E-state index < -0.39 is 0 Å². The lowest BCUT2D eigenvalue weighted by Gasteiger charge is -2.38. The second kappa shape index (κ2) is 6.73. The van der Waals surface area contributed by atoms with Gasteiger partial charge < -0.3 is 14.4 Å². The first-order valence-electron chi connectivity index (χ1n) is 8.95. The van der Waals surface area contributed by atoms with E-state index >= 15 is 0 Å². The summed E-state index contributed by atoms with van der Waals surface area (Å²) >= 11 is 0. The molecule has 2 aromatic rings. The Bertz CT molecular complexity index is 768. The van der Waals surface area contributed by atoms with E-state index in [2.05, 4.69) is 4.98 Å². The fraction of sp³-hybridized carbons (Fsp3) is 0.500. The smallest absolute Gasteiger partial charge is 0.272 e. The highest BCUT2D eigenvalue weighted by atomic mass is 16.5. The number of para-hydroxylation sites is 1. The standard InChI is InChI=1S/C20H24N2O3/c1-24-13-16-12-20(14-25-16)8-10-22(11-9-20)19(23)18-7-6-15-4-2-3-5-17(15)21-18/h2-7,16H,8-14H2,1H3/t16-/m0/s1. The Morgan fingerprint density at radius 1 is 1.28 bits per heavy atom. The van der Waals surface area contributed by atoms with Crippen molar-refractivity contribution < 1.29 is 14.3 Å². The molecular formula is C20H24N2O3. The molecule has 3 heterocycles. The Balaban J connectivity index is 1.42. The van der Waals surface area contributed by atoms with Gasteiger partial charge >= 0.3 is 0 Å². The number of piperidine rings is 1. The number of carbonyl (C=O) groups excluding carboxylic acids is 1. The topological polar surface area (TPSA) is 51.7 Å². The number of fused-ring (bicyclic) bond motifs is 1. The van der Waals surface area contributed by atoms with E-state index in [4.69, 9.17) is 9.47 Å². The van der Waals surface area contributed by atoms with Crippen LogP contribution in [0.4, 0.5) is 0 Å². The molecule has 5 heteroatoms. The number of carbonyl (C=O) groups is 1. The Labute approximate surface area is 147 Å². The van der Waals surface area contributed by atoms with E-state index in [1.54, 1.807) is 7.11 Å². The SMILES string of the molecule is COC[C@@H]1CC2(CCN(C(=O)c3ccc4ccccc4n3)CC2)CO1. The van der Waals surface area contributed by atoms with Crippen LogP contribution in [0.2, 0.25) is 0 Å². The molecule has 2 aliphatic heterocycles. The van der Waals surface area contributed by atoms with Crippen LogP contribution in [0.1, 0.15) is 29.8 Å². The number of ether oxygens (including phenoxy) is 2. The molecule has 1 atom stereocenters. The molecule has 1 aromatic carbocycles. The summed E-state index contributed by atoms with van der Waals surface area (Å²) in [6.07, 6.45) is 3.23. The van der Waals surface area contributed by atoms with Crippen molar-refractivity contribution in [3.8, 4) is 0 Å². The average molecular weight is 340 g/mol. The van der Waals surface area contributed by atoms with Crippen molar-refractivity contribution in [1.29, 1.82) is 0 Å². The van der Waals surface area contributed by atoms with E-state index in [1.807, 2.05) is 41.3 Å². The van der Waals surface area contributed by atoms with Gasteiger partial charge in [0.25, 0.3) is 5.91 Å². The van der Waals surface area contributed by atoms with Crippen LogP contribution in [-0.4, -0.2) is 55.3 Å². The number of rotatable bonds is 3. The summed E-state index contributed by atoms with van der Waals surface area (Å²) in [5, 5.41) is 1.06. The highest BCUT2D eigenvalue weighted by Gasteiger charge is 2.43. The molecule has 5 nitrogen and oxygen atoms in total. The number of pyridine rings is 1. The maximum Gasteiger partial charge on any atom is 0.272 e. The summed E-state index contributed by atoms with van der Waals surface area (Å²) in [4.78, 5) is 19.3. The van der Waals surface area contributed by atoms with Gasteiger partial charge in [-0.2, -0.15) is 0 Å². The van der Waals surface area contributed by atoms with Gasteiger partial charge in [-0.15, -0.1) is 0 Å². The average Bonchev–Trinajstić information content (AvgIpc) is 3.04. The zero-order chi connectivity index (χ0) is 17.3. The minimum absolute atomic E-state index is 0.0351. The Hall–Kier alpha value is -1.98. The molecule has 1 amide bonds. The van der Waals surface area contributed by atoms with Crippen molar-refractivity contribution in [2.75, 3.05) is 33.4 Å². The Morgan fingerprint density at radius 2 is 2.08 bits per heavy atom. The number of hydrogen-bond donors (Lipinski definition) is 0. The maximum absolute atomic E-state index is 12.8. The number of hydrogen-bond acceptors (Lipinski definition) is 4.